The smallest absolute Gasteiger partial charge is 0.193 e. The van der Waals surface area contributed by atoms with Crippen molar-refractivity contribution in [3.8, 4) is 11.5 Å². The number of phenolic OH excluding ortho intramolecular Hbond substituents is 1. The van der Waals surface area contributed by atoms with E-state index in [1.54, 1.807) is 18.2 Å². The van der Waals surface area contributed by atoms with Crippen LogP contribution in [0.1, 0.15) is 29.8 Å². The highest BCUT2D eigenvalue weighted by Gasteiger charge is 2.16. The lowest BCUT2D eigenvalue weighted by atomic mass is 10.0. The van der Waals surface area contributed by atoms with Crippen molar-refractivity contribution in [1.82, 2.24) is 4.90 Å². The van der Waals surface area contributed by atoms with Gasteiger partial charge < -0.3 is 14.7 Å². The van der Waals surface area contributed by atoms with Crippen molar-refractivity contribution in [1.29, 1.82) is 0 Å². The van der Waals surface area contributed by atoms with E-state index in [4.69, 9.17) is 4.74 Å². The molecule has 0 unspecified atom stereocenters. The Morgan fingerprint density at radius 2 is 1.56 bits per heavy atom. The fourth-order valence-corrected chi connectivity index (χ4v) is 5.06. The maximum absolute atomic E-state index is 12.8. The number of carbonyl (C=O) groups excluding carboxylic acids is 1. The number of carbonyl (C=O) groups is 1. The zero-order valence-corrected chi connectivity index (χ0v) is 22.3. The monoisotopic (exact) mass is 727 g/mol. The highest BCUT2D eigenvalue weighted by molar-refractivity contribution is 14.1. The molecule has 0 aliphatic heterocycles. The van der Waals surface area contributed by atoms with Crippen LogP contribution in [-0.4, -0.2) is 42.0 Å². The first kappa shape index (κ1) is 25.2. The predicted octanol–water partition coefficient (Wildman–Crippen LogP) is 5.58. The van der Waals surface area contributed by atoms with Crippen LogP contribution in [0.4, 0.5) is 0 Å². The Kier molecular flexibility index (Phi) is 11.2. The molecule has 2 aromatic rings. The number of likely N-dealkylation sites (N-methyl/N-ethyl adjacent to an activating group) is 1. The van der Waals surface area contributed by atoms with Crippen LogP contribution in [0.5, 0.6) is 11.5 Å². The Labute approximate surface area is 207 Å². The van der Waals surface area contributed by atoms with E-state index in [2.05, 4.69) is 63.9 Å². The minimum atomic E-state index is -0.0616. The summed E-state index contributed by atoms with van der Waals surface area (Å²) < 4.78 is 8.48. The third-order valence-electron chi connectivity index (χ3n) is 4.02. The lowest BCUT2D eigenvalue weighted by Crippen LogP contribution is -2.28. The lowest BCUT2D eigenvalue weighted by Gasteiger charge is -2.19. The van der Waals surface area contributed by atoms with Gasteiger partial charge in [-0.2, -0.15) is 0 Å². The molecule has 0 heterocycles. The largest absolute Gasteiger partial charge is 0.507 e. The Morgan fingerprint density at radius 3 is 2.07 bits per heavy atom. The minimum absolute atomic E-state index is 0. The molecule has 0 atom stereocenters. The second-order valence-electron chi connectivity index (χ2n) is 5.64. The summed E-state index contributed by atoms with van der Waals surface area (Å²) in [5.41, 5.74) is 1.19. The minimum Gasteiger partial charge on any atom is -0.507 e. The van der Waals surface area contributed by atoms with Crippen LogP contribution in [0.2, 0.25) is 0 Å². The fourth-order valence-electron chi connectivity index (χ4n) is 2.46. The van der Waals surface area contributed by atoms with Crippen LogP contribution in [0.3, 0.4) is 0 Å². The number of hydrogen-bond donors (Lipinski definition) is 1. The van der Waals surface area contributed by atoms with Crippen LogP contribution in [-0.2, 0) is 0 Å². The zero-order valence-electron chi connectivity index (χ0n) is 15.0. The molecule has 0 spiro atoms. The zero-order chi connectivity index (χ0) is 19.3. The number of nitrogens with zero attached hydrogens (tertiary/aromatic N) is 1. The van der Waals surface area contributed by atoms with Gasteiger partial charge in [0.25, 0.3) is 0 Å². The molecule has 0 amide bonds. The van der Waals surface area contributed by atoms with Gasteiger partial charge in [-0.25, -0.2) is 0 Å². The second-order valence-corrected chi connectivity index (χ2v) is 9.13. The van der Waals surface area contributed by atoms with Crippen LogP contribution in [0.25, 0.3) is 0 Å². The number of benzene rings is 2. The molecule has 0 bridgehead atoms. The third kappa shape index (κ3) is 6.86. The Hall–Kier alpha value is 0.150. The summed E-state index contributed by atoms with van der Waals surface area (Å²) in [5, 5.41) is 9.64. The molecule has 0 radical (unpaired) electrons. The van der Waals surface area contributed by atoms with Crippen LogP contribution >= 0.6 is 80.2 Å². The van der Waals surface area contributed by atoms with E-state index < -0.39 is 0 Å². The molecular formula is C19H21ClI3NO3. The van der Waals surface area contributed by atoms with E-state index in [0.29, 0.717) is 21.3 Å². The van der Waals surface area contributed by atoms with Gasteiger partial charge in [0, 0.05) is 17.7 Å². The van der Waals surface area contributed by atoms with Gasteiger partial charge in [-0.15, -0.1) is 12.4 Å². The molecule has 0 aliphatic carbocycles. The normalized spacial score (nSPS) is 10.6. The molecule has 0 saturated carbocycles. The topological polar surface area (TPSA) is 49.8 Å². The number of ketones is 1. The Bertz CT molecular complexity index is 775. The first-order valence-corrected chi connectivity index (χ1v) is 11.5. The molecule has 0 saturated heterocycles. The van der Waals surface area contributed by atoms with E-state index in [1.165, 1.54) is 0 Å². The summed E-state index contributed by atoms with van der Waals surface area (Å²) in [7, 11) is 0. The number of aromatic hydroxyl groups is 1. The van der Waals surface area contributed by atoms with Crippen molar-refractivity contribution in [2.45, 2.75) is 13.8 Å². The molecule has 0 aromatic heterocycles. The molecule has 27 heavy (non-hydrogen) atoms. The molecule has 148 valence electrons. The second kappa shape index (κ2) is 12.0. The molecule has 2 rings (SSSR count). The molecular weight excluding hydrogens is 706 g/mol. The third-order valence-corrected chi connectivity index (χ3v) is 6.49. The molecule has 8 heteroatoms. The van der Waals surface area contributed by atoms with Gasteiger partial charge in [0.2, 0.25) is 0 Å². The summed E-state index contributed by atoms with van der Waals surface area (Å²) in [6, 6.07) is 8.62. The van der Waals surface area contributed by atoms with E-state index in [9.17, 15) is 9.90 Å². The maximum Gasteiger partial charge on any atom is 0.193 e. The standard InChI is InChI=1S/C19H20I3NO3.ClH/c1-3-23(4-2)7-8-26-19-15(21)10-13(11-16(19)22)18(25)12-5-6-17(24)14(20)9-12;/h5-6,9-11,24H,3-4,7-8H2,1-2H3;1H. The van der Waals surface area contributed by atoms with Crippen molar-refractivity contribution < 1.29 is 14.6 Å². The number of rotatable bonds is 8. The quantitative estimate of drug-likeness (QED) is 0.285. The Balaban J connectivity index is 0.00000364. The predicted molar refractivity (Wildman–Crippen MR) is 137 cm³/mol. The van der Waals surface area contributed by atoms with Gasteiger partial charge >= 0.3 is 0 Å². The number of halogens is 4. The fraction of sp³-hybridized carbons (Fsp3) is 0.316. The molecule has 4 nitrogen and oxygen atoms in total. The molecule has 1 N–H and O–H groups in total. The van der Waals surface area contributed by atoms with E-state index in [0.717, 1.165) is 32.5 Å². The van der Waals surface area contributed by atoms with Crippen molar-refractivity contribution in [2.24, 2.45) is 0 Å². The summed E-state index contributed by atoms with van der Waals surface area (Å²) in [6.45, 7) is 7.80. The summed E-state index contributed by atoms with van der Waals surface area (Å²) >= 11 is 6.45. The summed E-state index contributed by atoms with van der Waals surface area (Å²) in [6.07, 6.45) is 0. The summed E-state index contributed by atoms with van der Waals surface area (Å²) in [5.74, 6) is 0.951. The van der Waals surface area contributed by atoms with Gasteiger partial charge in [-0.05, 0) is 111 Å². The van der Waals surface area contributed by atoms with E-state index in [-0.39, 0.29) is 23.9 Å². The van der Waals surface area contributed by atoms with Gasteiger partial charge in [-0.1, -0.05) is 13.8 Å². The lowest BCUT2D eigenvalue weighted by molar-refractivity contribution is 0.103. The Morgan fingerprint density at radius 1 is 1.00 bits per heavy atom. The molecule has 2 aromatic carbocycles. The van der Waals surface area contributed by atoms with Gasteiger partial charge in [0.1, 0.15) is 18.1 Å². The van der Waals surface area contributed by atoms with E-state index >= 15 is 0 Å². The first-order valence-electron chi connectivity index (χ1n) is 8.24. The van der Waals surface area contributed by atoms with Gasteiger partial charge in [0.05, 0.1) is 10.7 Å². The number of phenols is 1. The van der Waals surface area contributed by atoms with Crippen molar-refractivity contribution >= 4 is 86.0 Å². The SMILES string of the molecule is CCN(CC)CCOc1c(I)cc(C(=O)c2ccc(O)c(I)c2)cc1I.Cl. The van der Waals surface area contributed by atoms with Crippen molar-refractivity contribution in [3.63, 3.8) is 0 Å². The van der Waals surface area contributed by atoms with Crippen LogP contribution in [0.15, 0.2) is 30.3 Å². The first-order chi connectivity index (χ1) is 12.4. The van der Waals surface area contributed by atoms with Gasteiger partial charge in [-0.3, -0.25) is 4.79 Å². The highest BCUT2D eigenvalue weighted by atomic mass is 127. The maximum atomic E-state index is 12.8. The highest BCUT2D eigenvalue weighted by Crippen LogP contribution is 2.30. The summed E-state index contributed by atoms with van der Waals surface area (Å²) in [4.78, 5) is 15.1. The average Bonchev–Trinajstić information content (AvgIpc) is 2.62. The van der Waals surface area contributed by atoms with Crippen molar-refractivity contribution in [3.05, 3.63) is 52.2 Å². The van der Waals surface area contributed by atoms with Gasteiger partial charge in [0.15, 0.2) is 5.78 Å². The average molecular weight is 728 g/mol. The van der Waals surface area contributed by atoms with Crippen LogP contribution in [0, 0.1) is 10.7 Å². The van der Waals surface area contributed by atoms with Crippen LogP contribution < -0.4 is 4.74 Å². The van der Waals surface area contributed by atoms with E-state index in [1.807, 2.05) is 34.7 Å². The molecule has 0 fully saturated rings. The number of hydrogen-bond acceptors (Lipinski definition) is 4. The number of ether oxygens (including phenoxy) is 1. The van der Waals surface area contributed by atoms with Crippen molar-refractivity contribution in [2.75, 3.05) is 26.2 Å². The molecule has 0 aliphatic rings.